The summed E-state index contributed by atoms with van der Waals surface area (Å²) >= 11 is 0. The summed E-state index contributed by atoms with van der Waals surface area (Å²) in [5.74, 6) is 0.689. The van der Waals surface area contributed by atoms with Gasteiger partial charge in [-0.3, -0.25) is 4.79 Å². The summed E-state index contributed by atoms with van der Waals surface area (Å²) in [6, 6.07) is 0. The Kier molecular flexibility index (Phi) is 8.57. The van der Waals surface area contributed by atoms with E-state index in [0.717, 1.165) is 19.3 Å². The van der Waals surface area contributed by atoms with Gasteiger partial charge in [0.25, 0.3) is 0 Å². The van der Waals surface area contributed by atoms with E-state index < -0.39 is 0 Å². The number of hydrogen-bond acceptors (Lipinski definition) is 3. The lowest BCUT2D eigenvalue weighted by molar-refractivity contribution is -0.121. The first kappa shape index (κ1) is 13.4. The van der Waals surface area contributed by atoms with E-state index in [9.17, 15) is 4.79 Å². The summed E-state index contributed by atoms with van der Waals surface area (Å²) in [6.45, 7) is 3.93. The van der Waals surface area contributed by atoms with Crippen LogP contribution in [0.5, 0.6) is 0 Å². The summed E-state index contributed by atoms with van der Waals surface area (Å²) in [5, 5.41) is 2.76. The zero-order valence-electron chi connectivity index (χ0n) is 9.09. The summed E-state index contributed by atoms with van der Waals surface area (Å²) in [5.41, 5.74) is 10.7. The highest BCUT2D eigenvalue weighted by Crippen LogP contribution is 2.13. The van der Waals surface area contributed by atoms with Crippen molar-refractivity contribution in [3.8, 4) is 0 Å². The van der Waals surface area contributed by atoms with Gasteiger partial charge >= 0.3 is 0 Å². The summed E-state index contributed by atoms with van der Waals surface area (Å²) in [7, 11) is 0. The summed E-state index contributed by atoms with van der Waals surface area (Å²) < 4.78 is 0. The number of nitrogens with two attached hydrogens (primary N) is 2. The van der Waals surface area contributed by atoms with E-state index in [1.165, 1.54) is 0 Å². The van der Waals surface area contributed by atoms with Crippen molar-refractivity contribution in [1.29, 1.82) is 0 Å². The van der Waals surface area contributed by atoms with Crippen LogP contribution in [0.1, 0.15) is 32.6 Å². The van der Waals surface area contributed by atoms with E-state index in [4.69, 9.17) is 11.5 Å². The maximum Gasteiger partial charge on any atom is 0.220 e. The van der Waals surface area contributed by atoms with Crippen LogP contribution < -0.4 is 16.8 Å². The van der Waals surface area contributed by atoms with Crippen LogP contribution in [-0.4, -0.2) is 25.5 Å². The van der Waals surface area contributed by atoms with E-state index in [2.05, 4.69) is 12.2 Å². The minimum absolute atomic E-state index is 0.103. The van der Waals surface area contributed by atoms with Crippen LogP contribution in [0.3, 0.4) is 0 Å². The number of hydrogen-bond donors (Lipinski definition) is 3. The lowest BCUT2D eigenvalue weighted by Gasteiger charge is -2.12. The Labute approximate surface area is 86.4 Å². The predicted octanol–water partition coefficient (Wildman–Crippen LogP) is 0.217. The van der Waals surface area contributed by atoms with Crippen LogP contribution in [0.15, 0.2) is 0 Å². The summed E-state index contributed by atoms with van der Waals surface area (Å²) in [4.78, 5) is 11.2. The maximum atomic E-state index is 11.2. The molecular formula is C10H23N3O. The van der Waals surface area contributed by atoms with Gasteiger partial charge < -0.3 is 16.8 Å². The number of rotatable bonds is 8. The lowest BCUT2D eigenvalue weighted by atomic mass is 9.96. The lowest BCUT2D eigenvalue weighted by Crippen LogP contribution is -2.29. The molecule has 4 heteroatoms. The van der Waals surface area contributed by atoms with Crippen LogP contribution in [0, 0.1) is 5.92 Å². The van der Waals surface area contributed by atoms with E-state index in [-0.39, 0.29) is 5.91 Å². The molecule has 0 aliphatic carbocycles. The normalized spacial score (nSPS) is 12.5. The number of carbonyl (C=O) groups is 1. The van der Waals surface area contributed by atoms with E-state index in [1.54, 1.807) is 0 Å². The molecule has 0 aliphatic rings. The molecule has 4 nitrogen and oxygen atoms in total. The van der Waals surface area contributed by atoms with E-state index in [0.29, 0.717) is 32.0 Å². The molecule has 1 unspecified atom stereocenters. The van der Waals surface area contributed by atoms with Gasteiger partial charge in [0.15, 0.2) is 0 Å². The third-order valence-corrected chi connectivity index (χ3v) is 2.40. The van der Waals surface area contributed by atoms with E-state index >= 15 is 0 Å². The fourth-order valence-electron chi connectivity index (χ4n) is 1.42. The Morgan fingerprint density at radius 3 is 2.50 bits per heavy atom. The highest BCUT2D eigenvalue weighted by molar-refractivity contribution is 5.75. The predicted molar refractivity (Wildman–Crippen MR) is 58.8 cm³/mol. The monoisotopic (exact) mass is 201 g/mol. The van der Waals surface area contributed by atoms with Gasteiger partial charge in [0.1, 0.15) is 0 Å². The molecule has 0 aromatic rings. The highest BCUT2D eigenvalue weighted by atomic mass is 16.1. The minimum atomic E-state index is 0.103. The minimum Gasteiger partial charge on any atom is -0.355 e. The van der Waals surface area contributed by atoms with Gasteiger partial charge in [-0.1, -0.05) is 13.3 Å². The van der Waals surface area contributed by atoms with Crippen LogP contribution in [0.25, 0.3) is 0 Å². The second kappa shape index (κ2) is 8.97. The Hall–Kier alpha value is -0.610. The van der Waals surface area contributed by atoms with Crippen molar-refractivity contribution in [3.05, 3.63) is 0 Å². The molecule has 1 atom stereocenters. The molecule has 84 valence electrons. The molecule has 0 heterocycles. The maximum absolute atomic E-state index is 11.2. The van der Waals surface area contributed by atoms with Crippen molar-refractivity contribution in [2.24, 2.45) is 17.4 Å². The SMILES string of the molecule is CCC(CCN)CCC(=O)NCCN. The molecule has 0 aromatic heterocycles. The van der Waals surface area contributed by atoms with Crippen LogP contribution >= 0.6 is 0 Å². The third kappa shape index (κ3) is 6.86. The smallest absolute Gasteiger partial charge is 0.220 e. The van der Waals surface area contributed by atoms with Gasteiger partial charge in [-0.25, -0.2) is 0 Å². The van der Waals surface area contributed by atoms with Gasteiger partial charge in [0.05, 0.1) is 0 Å². The first-order chi connectivity index (χ1) is 6.74. The molecule has 0 saturated carbocycles. The zero-order chi connectivity index (χ0) is 10.8. The molecule has 5 N–H and O–H groups in total. The molecule has 14 heavy (non-hydrogen) atoms. The van der Waals surface area contributed by atoms with Gasteiger partial charge in [-0.15, -0.1) is 0 Å². The Morgan fingerprint density at radius 2 is 2.00 bits per heavy atom. The highest BCUT2D eigenvalue weighted by Gasteiger charge is 2.08. The standard InChI is InChI=1S/C10H23N3O/c1-2-9(5-6-11)3-4-10(14)13-8-7-12/h9H,2-8,11-12H2,1H3,(H,13,14). The zero-order valence-corrected chi connectivity index (χ0v) is 9.09. The molecule has 0 spiro atoms. The first-order valence-corrected chi connectivity index (χ1v) is 5.41. The summed E-state index contributed by atoms with van der Waals surface area (Å²) in [6.07, 6.45) is 3.64. The molecule has 0 aliphatic heterocycles. The van der Waals surface area contributed by atoms with Crippen LogP contribution in [0.2, 0.25) is 0 Å². The van der Waals surface area contributed by atoms with Crippen molar-refractivity contribution < 1.29 is 4.79 Å². The first-order valence-electron chi connectivity index (χ1n) is 5.41. The van der Waals surface area contributed by atoms with Gasteiger partial charge in [0.2, 0.25) is 5.91 Å². The number of nitrogens with one attached hydrogen (secondary N) is 1. The molecule has 0 aromatic carbocycles. The van der Waals surface area contributed by atoms with Crippen molar-refractivity contribution in [2.45, 2.75) is 32.6 Å². The van der Waals surface area contributed by atoms with Gasteiger partial charge in [-0.05, 0) is 25.3 Å². The molecule has 0 fully saturated rings. The largest absolute Gasteiger partial charge is 0.355 e. The topological polar surface area (TPSA) is 81.1 Å². The van der Waals surface area contributed by atoms with Crippen LogP contribution in [0.4, 0.5) is 0 Å². The van der Waals surface area contributed by atoms with Crippen molar-refractivity contribution in [3.63, 3.8) is 0 Å². The molecule has 0 radical (unpaired) electrons. The molecule has 0 rings (SSSR count). The fraction of sp³-hybridized carbons (Fsp3) is 0.900. The average molecular weight is 201 g/mol. The molecular weight excluding hydrogens is 178 g/mol. The number of amides is 1. The second-order valence-corrected chi connectivity index (χ2v) is 3.53. The third-order valence-electron chi connectivity index (χ3n) is 2.40. The molecule has 0 saturated heterocycles. The fourth-order valence-corrected chi connectivity index (χ4v) is 1.42. The molecule has 0 bridgehead atoms. The Balaban J connectivity index is 3.52. The van der Waals surface area contributed by atoms with Crippen molar-refractivity contribution >= 4 is 5.91 Å². The molecule has 1 amide bonds. The van der Waals surface area contributed by atoms with Crippen molar-refractivity contribution in [1.82, 2.24) is 5.32 Å². The number of carbonyl (C=O) groups excluding carboxylic acids is 1. The average Bonchev–Trinajstić information content (AvgIpc) is 2.21. The van der Waals surface area contributed by atoms with Gasteiger partial charge in [0, 0.05) is 19.5 Å². The van der Waals surface area contributed by atoms with E-state index in [1.807, 2.05) is 0 Å². The Bertz CT molecular complexity index is 150. The quantitative estimate of drug-likeness (QED) is 0.525. The Morgan fingerprint density at radius 1 is 1.29 bits per heavy atom. The van der Waals surface area contributed by atoms with Crippen LogP contribution in [-0.2, 0) is 4.79 Å². The van der Waals surface area contributed by atoms with Gasteiger partial charge in [-0.2, -0.15) is 0 Å². The van der Waals surface area contributed by atoms with Crippen molar-refractivity contribution in [2.75, 3.05) is 19.6 Å². The second-order valence-electron chi connectivity index (χ2n) is 3.53.